The topological polar surface area (TPSA) is 59.6 Å². The molecule has 2 rings (SSSR count). The van der Waals surface area contributed by atoms with Crippen molar-refractivity contribution in [2.45, 2.75) is 44.6 Å². The number of methoxy groups -OCH3 is 1. The van der Waals surface area contributed by atoms with Crippen molar-refractivity contribution in [3.05, 3.63) is 28.8 Å². The van der Waals surface area contributed by atoms with Gasteiger partial charge in [-0.15, -0.1) is 0 Å². The Morgan fingerprint density at radius 3 is 2.60 bits per heavy atom. The van der Waals surface area contributed by atoms with Crippen molar-refractivity contribution in [2.24, 2.45) is 10.8 Å². The summed E-state index contributed by atoms with van der Waals surface area (Å²) in [4.78, 5) is 4.78. The molecule has 0 amide bonds. The zero-order valence-electron chi connectivity index (χ0n) is 11.9. The van der Waals surface area contributed by atoms with Gasteiger partial charge in [-0.2, -0.15) is 0 Å². The number of nitrogens with one attached hydrogen (secondary N) is 1. The molecule has 0 unspecified atom stereocenters. The maximum Gasteiger partial charge on any atom is 0.146 e. The van der Waals surface area contributed by atoms with Crippen LogP contribution in [-0.2, 0) is 0 Å². The lowest BCUT2D eigenvalue weighted by Gasteiger charge is -2.15. The number of nitrogens with two attached hydrogens (primary N) is 1. The fourth-order valence-electron chi connectivity index (χ4n) is 2.61. The van der Waals surface area contributed by atoms with Crippen molar-refractivity contribution in [2.75, 3.05) is 7.11 Å². The summed E-state index contributed by atoms with van der Waals surface area (Å²) in [5.41, 5.74) is 3.56. The highest BCUT2D eigenvalue weighted by Gasteiger charge is 2.15. The fraction of sp³-hybridized carbons (Fsp3) is 0.533. The van der Waals surface area contributed by atoms with E-state index < -0.39 is 0 Å². The first-order chi connectivity index (χ1) is 9.74. The Bertz CT molecular complexity index is 468. The van der Waals surface area contributed by atoms with Gasteiger partial charge in [-0.1, -0.05) is 37.3 Å². The van der Waals surface area contributed by atoms with Crippen LogP contribution in [0, 0.1) is 0 Å². The average Bonchev–Trinajstić information content (AvgIpc) is 2.73. The van der Waals surface area contributed by atoms with Crippen molar-refractivity contribution in [3.63, 3.8) is 0 Å². The molecule has 1 aromatic rings. The minimum atomic E-state index is 0.337. The lowest BCUT2D eigenvalue weighted by atomic mass is 10.1. The quantitative estimate of drug-likeness (QED) is 0.296. The van der Waals surface area contributed by atoms with Gasteiger partial charge in [0.15, 0.2) is 0 Å². The van der Waals surface area contributed by atoms with Gasteiger partial charge in [0.1, 0.15) is 11.6 Å². The number of benzene rings is 1. The largest absolute Gasteiger partial charge is 0.496 e. The first-order valence-corrected chi connectivity index (χ1v) is 7.50. The molecule has 110 valence electrons. The van der Waals surface area contributed by atoms with Crippen molar-refractivity contribution in [3.8, 4) is 5.75 Å². The highest BCUT2D eigenvalue weighted by atomic mass is 35.5. The standard InChI is InChI=1S/C15H22ClN3O/c1-20-14-10-11(16)8-9-13(14)15(19-17)18-12-6-4-2-3-5-7-12/h8-10,12H,2-7,17H2,1H3,(H,18,19). The Labute approximate surface area is 125 Å². The first-order valence-electron chi connectivity index (χ1n) is 7.13. The molecule has 0 radical (unpaired) electrons. The summed E-state index contributed by atoms with van der Waals surface area (Å²) in [6, 6.07) is 5.82. The predicted molar refractivity (Wildman–Crippen MR) is 83.4 cm³/mol. The van der Waals surface area contributed by atoms with Gasteiger partial charge in [-0.05, 0) is 31.0 Å². The maximum atomic E-state index is 5.99. The predicted octanol–water partition coefficient (Wildman–Crippen LogP) is 3.28. The van der Waals surface area contributed by atoms with Crippen LogP contribution in [0.3, 0.4) is 0 Å². The zero-order valence-corrected chi connectivity index (χ0v) is 12.6. The van der Waals surface area contributed by atoms with Crippen LogP contribution in [0.1, 0.15) is 44.1 Å². The summed E-state index contributed by atoms with van der Waals surface area (Å²) < 4.78 is 5.36. The first kappa shape index (κ1) is 15.1. The van der Waals surface area contributed by atoms with Crippen LogP contribution in [0.5, 0.6) is 5.75 Å². The van der Waals surface area contributed by atoms with E-state index in [4.69, 9.17) is 27.2 Å². The summed E-state index contributed by atoms with van der Waals surface area (Å²) >= 11 is 5.99. The molecule has 20 heavy (non-hydrogen) atoms. The van der Waals surface area contributed by atoms with E-state index in [1.165, 1.54) is 25.7 Å². The summed E-state index contributed by atoms with van der Waals surface area (Å²) in [5, 5.41) is 0.636. The second-order valence-corrected chi connectivity index (χ2v) is 5.55. The Morgan fingerprint density at radius 2 is 2.00 bits per heavy atom. The van der Waals surface area contributed by atoms with Crippen LogP contribution < -0.4 is 16.0 Å². The molecule has 4 nitrogen and oxygen atoms in total. The normalized spacial score (nSPS) is 17.6. The van der Waals surface area contributed by atoms with Crippen molar-refractivity contribution in [1.29, 1.82) is 0 Å². The van der Waals surface area contributed by atoms with Crippen LogP contribution in [0.2, 0.25) is 5.02 Å². The molecule has 1 aromatic carbocycles. The molecule has 1 aliphatic rings. The minimum absolute atomic E-state index is 0.337. The van der Waals surface area contributed by atoms with E-state index in [2.05, 4.69) is 5.43 Å². The molecular weight excluding hydrogens is 274 g/mol. The van der Waals surface area contributed by atoms with Gasteiger partial charge >= 0.3 is 0 Å². The fourth-order valence-corrected chi connectivity index (χ4v) is 2.78. The molecule has 1 aliphatic carbocycles. The molecule has 0 spiro atoms. The molecule has 0 saturated heterocycles. The van der Waals surface area contributed by atoms with E-state index >= 15 is 0 Å². The lowest BCUT2D eigenvalue weighted by Crippen LogP contribution is -2.32. The average molecular weight is 296 g/mol. The zero-order chi connectivity index (χ0) is 14.4. The Balaban J connectivity index is 2.26. The number of aliphatic imine (C=N–C) groups is 1. The summed E-state index contributed by atoms with van der Waals surface area (Å²) in [6.45, 7) is 0. The number of ether oxygens (including phenoxy) is 1. The van der Waals surface area contributed by atoms with Crippen molar-refractivity contribution < 1.29 is 4.74 Å². The summed E-state index contributed by atoms with van der Waals surface area (Å²) in [7, 11) is 1.62. The van der Waals surface area contributed by atoms with E-state index in [0.29, 0.717) is 22.6 Å². The third-order valence-corrected chi connectivity index (χ3v) is 3.93. The minimum Gasteiger partial charge on any atom is -0.496 e. The summed E-state index contributed by atoms with van der Waals surface area (Å²) in [6.07, 6.45) is 7.35. The van der Waals surface area contributed by atoms with Gasteiger partial charge in [-0.25, -0.2) is 5.84 Å². The van der Waals surface area contributed by atoms with Crippen LogP contribution in [0.4, 0.5) is 0 Å². The smallest absolute Gasteiger partial charge is 0.146 e. The number of hydrazine groups is 1. The molecule has 1 saturated carbocycles. The monoisotopic (exact) mass is 295 g/mol. The van der Waals surface area contributed by atoms with E-state index in [0.717, 1.165) is 18.4 Å². The molecule has 1 fully saturated rings. The number of hydrogen-bond acceptors (Lipinski definition) is 3. The molecule has 3 N–H and O–H groups in total. The second kappa shape index (κ2) is 7.50. The van der Waals surface area contributed by atoms with Crippen LogP contribution in [0.25, 0.3) is 0 Å². The van der Waals surface area contributed by atoms with Gasteiger partial charge in [0.2, 0.25) is 0 Å². The molecule has 0 bridgehead atoms. The number of amidine groups is 1. The van der Waals surface area contributed by atoms with Crippen molar-refractivity contribution in [1.82, 2.24) is 5.43 Å². The third-order valence-electron chi connectivity index (χ3n) is 3.69. The Hall–Kier alpha value is -1.26. The Morgan fingerprint density at radius 1 is 1.30 bits per heavy atom. The number of rotatable bonds is 3. The molecular formula is C15H22ClN3O. The molecule has 0 aromatic heterocycles. The van der Waals surface area contributed by atoms with Gasteiger partial charge in [0, 0.05) is 5.02 Å². The molecule has 0 heterocycles. The number of halogens is 1. The SMILES string of the molecule is COc1cc(Cl)ccc1C(=NC1CCCCCC1)NN. The van der Waals surface area contributed by atoms with E-state index in [1.807, 2.05) is 12.1 Å². The van der Waals surface area contributed by atoms with E-state index in [9.17, 15) is 0 Å². The van der Waals surface area contributed by atoms with Gasteiger partial charge in [0.25, 0.3) is 0 Å². The highest BCUT2D eigenvalue weighted by Crippen LogP contribution is 2.25. The molecule has 0 atom stereocenters. The van der Waals surface area contributed by atoms with E-state index in [-0.39, 0.29) is 0 Å². The lowest BCUT2D eigenvalue weighted by molar-refractivity contribution is 0.413. The number of hydrogen-bond donors (Lipinski definition) is 2. The van der Waals surface area contributed by atoms with Crippen molar-refractivity contribution >= 4 is 17.4 Å². The van der Waals surface area contributed by atoms with E-state index in [1.54, 1.807) is 13.2 Å². The number of nitrogens with zero attached hydrogens (tertiary/aromatic N) is 1. The summed E-state index contributed by atoms with van der Waals surface area (Å²) in [5.74, 6) is 7.01. The molecule has 0 aliphatic heterocycles. The van der Waals surface area contributed by atoms with Gasteiger partial charge in [-0.3, -0.25) is 4.99 Å². The van der Waals surface area contributed by atoms with Crippen LogP contribution in [-0.4, -0.2) is 19.0 Å². The van der Waals surface area contributed by atoms with Crippen LogP contribution in [0.15, 0.2) is 23.2 Å². The molecule has 5 heteroatoms. The van der Waals surface area contributed by atoms with Gasteiger partial charge < -0.3 is 10.2 Å². The Kier molecular flexibility index (Phi) is 5.68. The van der Waals surface area contributed by atoms with Crippen LogP contribution >= 0.6 is 11.6 Å². The second-order valence-electron chi connectivity index (χ2n) is 5.11. The third kappa shape index (κ3) is 3.87. The highest BCUT2D eigenvalue weighted by molar-refractivity contribution is 6.30. The maximum absolute atomic E-state index is 5.99. The van der Waals surface area contributed by atoms with Gasteiger partial charge in [0.05, 0.1) is 18.7 Å².